The van der Waals surface area contributed by atoms with Crippen LogP contribution >= 0.6 is 0 Å². The largest absolute Gasteiger partial charge is 0.493 e. The average molecular weight is 225 g/mol. The Bertz CT molecular complexity index is 604. The van der Waals surface area contributed by atoms with Gasteiger partial charge in [-0.2, -0.15) is 4.39 Å². The number of rotatable bonds is 2. The van der Waals surface area contributed by atoms with Gasteiger partial charge >= 0.3 is 7.12 Å². The Balaban J connectivity index is 2.55. The van der Waals surface area contributed by atoms with Gasteiger partial charge in [-0.05, 0) is 6.07 Å². The summed E-state index contributed by atoms with van der Waals surface area (Å²) in [5.41, 5.74) is -0.240. The third-order valence-electron chi connectivity index (χ3n) is 1.99. The molecule has 2 aromatic rings. The molecule has 2 rings (SSSR count). The first kappa shape index (κ1) is 7.47. The molecule has 0 fully saturated rings. The van der Waals surface area contributed by atoms with Crippen LogP contribution in [0.3, 0.4) is 0 Å². The summed E-state index contributed by atoms with van der Waals surface area (Å²) in [6.45, 7) is -2.56. The van der Waals surface area contributed by atoms with Gasteiger partial charge in [0.1, 0.15) is 0 Å². The third-order valence-corrected chi connectivity index (χ3v) is 1.99. The first-order valence-corrected chi connectivity index (χ1v) is 4.24. The summed E-state index contributed by atoms with van der Waals surface area (Å²) in [6, 6.07) is 1.08. The van der Waals surface area contributed by atoms with Gasteiger partial charge in [-0.25, -0.2) is 9.67 Å². The van der Waals surface area contributed by atoms with Gasteiger partial charge in [0.15, 0.2) is 0 Å². The summed E-state index contributed by atoms with van der Waals surface area (Å²) in [5.74, 6) is -1.05. The summed E-state index contributed by atoms with van der Waals surface area (Å²) < 4.78 is 35.7. The number of hydrogen-bond donors (Lipinski definition) is 2. The Kier molecular flexibility index (Phi) is 1.86. The highest BCUT2D eigenvalue weighted by Crippen LogP contribution is 2.14. The molecule has 0 unspecified atom stereocenters. The van der Waals surface area contributed by atoms with E-state index in [9.17, 15) is 4.39 Å². The van der Waals surface area contributed by atoms with Crippen molar-refractivity contribution in [1.82, 2.24) is 20.0 Å². The zero-order valence-electron chi connectivity index (χ0n) is 10.9. The van der Waals surface area contributed by atoms with Crippen molar-refractivity contribution in [1.29, 1.82) is 0 Å². The van der Waals surface area contributed by atoms with Gasteiger partial charge in [0.25, 0.3) is 0 Å². The van der Waals surface area contributed by atoms with Gasteiger partial charge in [-0.1, -0.05) is 5.21 Å². The topological polar surface area (TPSA) is 84.1 Å². The fourth-order valence-corrected chi connectivity index (χ4v) is 1.22. The molecule has 2 heterocycles. The van der Waals surface area contributed by atoms with Crippen molar-refractivity contribution in [3.8, 4) is 11.3 Å². The molecule has 0 atom stereocenters. The second-order valence-corrected chi connectivity index (χ2v) is 3.01. The maximum absolute atomic E-state index is 13.2. The van der Waals surface area contributed by atoms with Gasteiger partial charge < -0.3 is 10.0 Å². The molecule has 0 spiro atoms. The van der Waals surface area contributed by atoms with Crippen LogP contribution in [-0.4, -0.2) is 37.1 Å². The number of pyridine rings is 1. The molecule has 0 aliphatic heterocycles. The van der Waals surface area contributed by atoms with Crippen LogP contribution < -0.4 is 5.46 Å². The lowest BCUT2D eigenvalue weighted by atomic mass is 9.80. The first-order valence-electron chi connectivity index (χ1n) is 5.74. The Labute approximate surface area is 94.7 Å². The van der Waals surface area contributed by atoms with E-state index < -0.39 is 25.5 Å². The van der Waals surface area contributed by atoms with E-state index >= 15 is 0 Å². The lowest BCUT2D eigenvalue weighted by Crippen LogP contribution is -2.33. The van der Waals surface area contributed by atoms with E-state index in [4.69, 9.17) is 14.2 Å². The maximum Gasteiger partial charge on any atom is 0.493 e. The molecular formula is C8H8BFN4O2. The van der Waals surface area contributed by atoms with E-state index in [0.717, 1.165) is 18.5 Å². The summed E-state index contributed by atoms with van der Waals surface area (Å²) >= 11 is 0. The highest BCUT2D eigenvalue weighted by atomic mass is 19.1. The van der Waals surface area contributed by atoms with E-state index in [1.165, 1.54) is 0 Å². The number of hydrogen-bond acceptors (Lipinski definition) is 5. The fraction of sp³-hybridized carbons (Fsp3) is 0.125. The minimum absolute atomic E-state index is 0.0643. The molecule has 0 aliphatic rings. The van der Waals surface area contributed by atoms with Crippen molar-refractivity contribution >= 4 is 12.6 Å². The van der Waals surface area contributed by atoms with Crippen molar-refractivity contribution in [2.45, 2.75) is 0 Å². The van der Waals surface area contributed by atoms with Crippen molar-refractivity contribution in [2.75, 3.05) is 0 Å². The summed E-state index contributed by atoms with van der Waals surface area (Å²) in [5, 5.41) is 24.9. The average Bonchev–Trinajstić information content (AvgIpc) is 2.77. The molecule has 6 nitrogen and oxygen atoms in total. The van der Waals surface area contributed by atoms with Crippen LogP contribution in [0, 0.1) is 5.95 Å². The minimum atomic E-state index is -2.56. The molecule has 2 N–H and O–H groups in total. The number of nitrogens with zero attached hydrogens (tertiary/aromatic N) is 4. The molecule has 16 heavy (non-hydrogen) atoms. The summed E-state index contributed by atoms with van der Waals surface area (Å²) in [6.07, 6.45) is 2.22. The quantitative estimate of drug-likeness (QED) is 0.490. The second kappa shape index (κ2) is 3.99. The van der Waals surface area contributed by atoms with Crippen LogP contribution in [0.5, 0.6) is 0 Å². The molecule has 0 aromatic carbocycles. The molecular weight excluding hydrogens is 214 g/mol. The minimum Gasteiger partial charge on any atom is -0.423 e. The predicted molar refractivity (Wildman–Crippen MR) is 54.0 cm³/mol. The van der Waals surface area contributed by atoms with Gasteiger partial charge in [-0.3, -0.25) is 0 Å². The van der Waals surface area contributed by atoms with Crippen LogP contribution in [0.2, 0.25) is 0 Å². The van der Waals surface area contributed by atoms with Crippen LogP contribution in [0.15, 0.2) is 18.5 Å². The van der Waals surface area contributed by atoms with Crippen LogP contribution in [0.1, 0.15) is 4.11 Å². The van der Waals surface area contributed by atoms with E-state index in [0.29, 0.717) is 4.68 Å². The number of aromatic nitrogens is 4. The van der Waals surface area contributed by atoms with E-state index in [-0.39, 0.29) is 11.3 Å². The lowest BCUT2D eigenvalue weighted by molar-refractivity contribution is 0.422. The van der Waals surface area contributed by atoms with Crippen LogP contribution in [-0.2, 0) is 6.98 Å². The molecule has 0 radical (unpaired) electrons. The molecule has 0 saturated carbocycles. The molecule has 0 amide bonds. The second-order valence-electron chi connectivity index (χ2n) is 3.01. The first-order chi connectivity index (χ1) is 8.80. The lowest BCUT2D eigenvalue weighted by Gasteiger charge is -2.04. The van der Waals surface area contributed by atoms with Crippen molar-refractivity contribution in [2.24, 2.45) is 6.98 Å². The van der Waals surface area contributed by atoms with Crippen molar-refractivity contribution in [3.63, 3.8) is 0 Å². The van der Waals surface area contributed by atoms with Gasteiger partial charge in [0.2, 0.25) is 5.95 Å². The third kappa shape index (κ3) is 1.80. The Morgan fingerprint density at radius 2 is 2.31 bits per heavy atom. The SMILES string of the molecule is [2H]C([2H])([2H])n1nncc1-c1cnc(F)c(B(O)O)c1. The van der Waals surface area contributed by atoms with Crippen LogP contribution in [0.4, 0.5) is 4.39 Å². The highest BCUT2D eigenvalue weighted by molar-refractivity contribution is 6.58. The Hall–Kier alpha value is -1.80. The maximum atomic E-state index is 13.2. The van der Waals surface area contributed by atoms with E-state index in [1.54, 1.807) is 0 Å². The molecule has 8 heteroatoms. The van der Waals surface area contributed by atoms with Gasteiger partial charge in [0, 0.05) is 28.3 Å². The predicted octanol–water partition coefficient (Wildman–Crippen LogP) is -1.30. The van der Waals surface area contributed by atoms with Gasteiger partial charge in [0.05, 0.1) is 11.9 Å². The zero-order chi connectivity index (χ0) is 14.2. The molecule has 82 valence electrons. The monoisotopic (exact) mass is 225 g/mol. The van der Waals surface area contributed by atoms with E-state index in [2.05, 4.69) is 15.3 Å². The zero-order valence-corrected chi connectivity index (χ0v) is 7.87. The van der Waals surface area contributed by atoms with Crippen molar-refractivity contribution in [3.05, 3.63) is 24.4 Å². The van der Waals surface area contributed by atoms with Crippen molar-refractivity contribution < 1.29 is 18.6 Å². The number of halogens is 1. The summed E-state index contributed by atoms with van der Waals surface area (Å²) in [7, 11) is -2.05. The number of aryl methyl sites for hydroxylation is 1. The Morgan fingerprint density at radius 3 is 3.00 bits per heavy atom. The molecule has 0 bridgehead atoms. The molecule has 2 aromatic heterocycles. The molecule has 0 saturated heterocycles. The highest BCUT2D eigenvalue weighted by Gasteiger charge is 2.19. The Morgan fingerprint density at radius 1 is 1.50 bits per heavy atom. The smallest absolute Gasteiger partial charge is 0.423 e. The normalized spacial score (nSPS) is 14.1. The summed E-state index contributed by atoms with van der Waals surface area (Å²) in [4.78, 5) is 3.34. The van der Waals surface area contributed by atoms with Crippen LogP contribution in [0.25, 0.3) is 11.3 Å². The fourth-order valence-electron chi connectivity index (χ4n) is 1.22. The standard InChI is InChI=1S/C8H8BFN4O2/c1-14-7(4-12-13-14)5-2-6(9(15)16)8(10)11-3-5/h2-4,15-16H,1H3/i1D3. The van der Waals surface area contributed by atoms with Gasteiger partial charge in [-0.15, -0.1) is 5.10 Å². The van der Waals surface area contributed by atoms with E-state index in [1.807, 2.05) is 0 Å². The molecule has 0 aliphatic carbocycles.